The van der Waals surface area contributed by atoms with Crippen molar-refractivity contribution in [3.05, 3.63) is 29.3 Å². The van der Waals surface area contributed by atoms with E-state index in [9.17, 15) is 0 Å². The fraction of sp³-hybridized carbons (Fsp3) is 0.600. The van der Waals surface area contributed by atoms with Crippen LogP contribution < -0.4 is 10.5 Å². The van der Waals surface area contributed by atoms with Crippen LogP contribution in [0, 0.1) is 5.92 Å². The predicted molar refractivity (Wildman–Crippen MR) is 72.8 cm³/mol. The van der Waals surface area contributed by atoms with E-state index in [-0.39, 0.29) is 0 Å². The molecular weight excluding hydrogens is 224 g/mol. The van der Waals surface area contributed by atoms with Crippen molar-refractivity contribution in [3.8, 4) is 5.75 Å². The zero-order valence-electron chi connectivity index (χ0n) is 11.1. The lowest BCUT2D eigenvalue weighted by Gasteiger charge is -2.23. The van der Waals surface area contributed by atoms with Crippen LogP contribution in [0.3, 0.4) is 0 Å². The molecule has 0 aliphatic carbocycles. The highest BCUT2D eigenvalue weighted by Gasteiger charge is 2.30. The second kappa shape index (κ2) is 4.90. The third kappa shape index (κ3) is 2.13. The van der Waals surface area contributed by atoms with Crippen molar-refractivity contribution < 1.29 is 4.74 Å². The van der Waals surface area contributed by atoms with Gasteiger partial charge in [0.25, 0.3) is 0 Å². The van der Waals surface area contributed by atoms with Crippen LogP contribution in [0.4, 0.5) is 0 Å². The number of ether oxygens (including phenoxy) is 1. The van der Waals surface area contributed by atoms with Crippen LogP contribution in [-0.4, -0.2) is 31.6 Å². The maximum Gasteiger partial charge on any atom is 0.122 e. The molecule has 0 radical (unpaired) electrons. The van der Waals surface area contributed by atoms with Crippen LogP contribution in [-0.2, 0) is 6.42 Å². The van der Waals surface area contributed by atoms with Gasteiger partial charge in [0.1, 0.15) is 5.75 Å². The number of hydrogen-bond acceptors (Lipinski definition) is 3. The largest absolute Gasteiger partial charge is 0.493 e. The average molecular weight is 246 g/mol. The molecule has 98 valence electrons. The molecule has 1 aromatic rings. The van der Waals surface area contributed by atoms with Crippen LogP contribution in [0.5, 0.6) is 5.75 Å². The van der Waals surface area contributed by atoms with Crippen molar-refractivity contribution in [2.75, 3.05) is 26.7 Å². The summed E-state index contributed by atoms with van der Waals surface area (Å²) in [5.74, 6) is 1.74. The van der Waals surface area contributed by atoms with Crippen molar-refractivity contribution in [3.63, 3.8) is 0 Å². The van der Waals surface area contributed by atoms with E-state index in [4.69, 9.17) is 10.5 Å². The SMILES string of the molecule is CN1CC(CN)CC1c1ccc2c(c1)OCCC2. The maximum atomic E-state index is 5.80. The first kappa shape index (κ1) is 12.0. The summed E-state index contributed by atoms with van der Waals surface area (Å²) < 4.78 is 5.77. The minimum absolute atomic E-state index is 0.509. The van der Waals surface area contributed by atoms with Gasteiger partial charge in [-0.15, -0.1) is 0 Å². The lowest BCUT2D eigenvalue weighted by atomic mass is 9.97. The third-order valence-corrected chi connectivity index (χ3v) is 4.29. The topological polar surface area (TPSA) is 38.5 Å². The smallest absolute Gasteiger partial charge is 0.122 e. The summed E-state index contributed by atoms with van der Waals surface area (Å²) in [6, 6.07) is 7.27. The fourth-order valence-corrected chi connectivity index (χ4v) is 3.23. The Bertz CT molecular complexity index is 433. The first-order valence-electron chi connectivity index (χ1n) is 6.94. The molecule has 0 saturated carbocycles. The molecule has 0 amide bonds. The van der Waals surface area contributed by atoms with Crippen LogP contribution >= 0.6 is 0 Å². The number of likely N-dealkylation sites (tertiary alicyclic amines) is 1. The number of fused-ring (bicyclic) bond motifs is 1. The minimum Gasteiger partial charge on any atom is -0.493 e. The molecule has 2 heterocycles. The summed E-state index contributed by atoms with van der Waals surface area (Å²) in [4.78, 5) is 2.42. The van der Waals surface area contributed by atoms with Crippen molar-refractivity contribution in [2.45, 2.75) is 25.3 Å². The van der Waals surface area contributed by atoms with Crippen LogP contribution in [0.1, 0.15) is 30.0 Å². The number of hydrogen-bond donors (Lipinski definition) is 1. The van der Waals surface area contributed by atoms with Crippen LogP contribution in [0.2, 0.25) is 0 Å². The number of nitrogens with two attached hydrogens (primary N) is 1. The molecule has 2 atom stereocenters. The summed E-state index contributed by atoms with van der Waals surface area (Å²) in [6.07, 6.45) is 3.47. The Hall–Kier alpha value is -1.06. The Balaban J connectivity index is 1.84. The normalized spacial score (nSPS) is 27.9. The van der Waals surface area contributed by atoms with E-state index in [1.165, 1.54) is 17.5 Å². The number of rotatable bonds is 2. The standard InChI is InChI=1S/C15H22N2O/c1-17-10-11(9-16)7-14(17)13-5-4-12-3-2-6-18-15(12)8-13/h4-5,8,11,14H,2-3,6-7,9-10,16H2,1H3. The molecule has 18 heavy (non-hydrogen) atoms. The van der Waals surface area contributed by atoms with Gasteiger partial charge in [0.2, 0.25) is 0 Å². The third-order valence-electron chi connectivity index (χ3n) is 4.29. The van der Waals surface area contributed by atoms with Gasteiger partial charge in [0, 0.05) is 12.6 Å². The molecule has 1 fully saturated rings. The first-order valence-corrected chi connectivity index (χ1v) is 6.94. The van der Waals surface area contributed by atoms with Gasteiger partial charge < -0.3 is 10.5 Å². The van der Waals surface area contributed by atoms with Gasteiger partial charge in [0.05, 0.1) is 6.61 Å². The molecule has 0 aromatic heterocycles. The second-order valence-corrected chi connectivity index (χ2v) is 5.61. The number of nitrogens with zero attached hydrogens (tertiary/aromatic N) is 1. The molecule has 3 heteroatoms. The van der Waals surface area contributed by atoms with E-state index < -0.39 is 0 Å². The molecule has 1 aromatic carbocycles. The molecule has 3 nitrogen and oxygen atoms in total. The monoisotopic (exact) mass is 246 g/mol. The highest BCUT2D eigenvalue weighted by atomic mass is 16.5. The van der Waals surface area contributed by atoms with Crippen molar-refractivity contribution in [1.29, 1.82) is 0 Å². The molecule has 1 saturated heterocycles. The summed E-state index contributed by atoms with van der Waals surface area (Å²) in [6.45, 7) is 2.77. The molecule has 2 aliphatic heterocycles. The Kier molecular flexibility index (Phi) is 3.27. The first-order chi connectivity index (χ1) is 8.78. The quantitative estimate of drug-likeness (QED) is 0.867. The van der Waals surface area contributed by atoms with E-state index in [2.05, 4.69) is 30.1 Å². The zero-order valence-corrected chi connectivity index (χ0v) is 11.1. The molecule has 2 unspecified atom stereocenters. The van der Waals surface area contributed by atoms with E-state index >= 15 is 0 Å². The predicted octanol–water partition coefficient (Wildman–Crippen LogP) is 1.96. The summed E-state index contributed by atoms with van der Waals surface area (Å²) >= 11 is 0. The highest BCUT2D eigenvalue weighted by molar-refractivity contribution is 5.40. The van der Waals surface area contributed by atoms with Gasteiger partial charge in [-0.2, -0.15) is 0 Å². The highest BCUT2D eigenvalue weighted by Crippen LogP contribution is 2.36. The Labute approximate surface area is 109 Å². The lowest BCUT2D eigenvalue weighted by molar-refractivity contribution is 0.284. The van der Waals surface area contributed by atoms with Crippen LogP contribution in [0.25, 0.3) is 0 Å². The minimum atomic E-state index is 0.509. The maximum absolute atomic E-state index is 5.80. The molecule has 3 rings (SSSR count). The fourth-order valence-electron chi connectivity index (χ4n) is 3.23. The van der Waals surface area contributed by atoms with Gasteiger partial charge in [-0.1, -0.05) is 12.1 Å². The molecule has 2 aliphatic rings. The second-order valence-electron chi connectivity index (χ2n) is 5.61. The summed E-state index contributed by atoms with van der Waals surface area (Å²) in [5, 5.41) is 0. The van der Waals surface area contributed by atoms with Gasteiger partial charge in [0.15, 0.2) is 0 Å². The van der Waals surface area contributed by atoms with Crippen molar-refractivity contribution >= 4 is 0 Å². The van der Waals surface area contributed by atoms with E-state index in [0.29, 0.717) is 12.0 Å². The van der Waals surface area contributed by atoms with Gasteiger partial charge >= 0.3 is 0 Å². The zero-order chi connectivity index (χ0) is 12.5. The Morgan fingerprint density at radius 2 is 2.33 bits per heavy atom. The Morgan fingerprint density at radius 3 is 3.11 bits per heavy atom. The Morgan fingerprint density at radius 1 is 1.44 bits per heavy atom. The van der Waals surface area contributed by atoms with Crippen molar-refractivity contribution in [1.82, 2.24) is 4.90 Å². The van der Waals surface area contributed by atoms with E-state index in [1.54, 1.807) is 0 Å². The number of aryl methyl sites for hydroxylation is 1. The van der Waals surface area contributed by atoms with E-state index in [1.807, 2.05) is 0 Å². The summed E-state index contributed by atoms with van der Waals surface area (Å²) in [5.41, 5.74) is 8.54. The van der Waals surface area contributed by atoms with Crippen molar-refractivity contribution in [2.24, 2.45) is 11.7 Å². The lowest BCUT2D eigenvalue weighted by Crippen LogP contribution is -2.20. The van der Waals surface area contributed by atoms with Gasteiger partial charge in [-0.25, -0.2) is 0 Å². The number of benzene rings is 1. The van der Waals surface area contributed by atoms with Crippen LogP contribution in [0.15, 0.2) is 18.2 Å². The molecule has 2 N–H and O–H groups in total. The van der Waals surface area contributed by atoms with E-state index in [0.717, 1.165) is 38.3 Å². The average Bonchev–Trinajstić information content (AvgIpc) is 2.79. The summed E-state index contributed by atoms with van der Waals surface area (Å²) in [7, 11) is 2.20. The van der Waals surface area contributed by atoms with Gasteiger partial charge in [-0.3, -0.25) is 4.90 Å². The molecule has 0 spiro atoms. The molecular formula is C15H22N2O. The van der Waals surface area contributed by atoms with Gasteiger partial charge in [-0.05, 0) is 56.0 Å². The molecule has 0 bridgehead atoms.